The fourth-order valence-corrected chi connectivity index (χ4v) is 2.61. The van der Waals surface area contributed by atoms with E-state index in [4.69, 9.17) is 9.47 Å². The highest BCUT2D eigenvalue weighted by molar-refractivity contribution is 5.92. The largest absolute Gasteiger partial charge is 0.480 e. The number of carboxylic acids is 1. The SMILES string of the molecule is C=CCOC(=O)N[C@@H](Cc1cn(C(=O)OC(C)(C)C)c2ccccc12)C(=O)O. The van der Waals surface area contributed by atoms with Crippen molar-refractivity contribution in [3.8, 4) is 0 Å². The number of aromatic nitrogens is 1. The first-order valence-corrected chi connectivity index (χ1v) is 8.71. The number of fused-ring (bicyclic) bond motifs is 1. The maximum atomic E-state index is 12.5. The van der Waals surface area contributed by atoms with Gasteiger partial charge in [0.1, 0.15) is 18.2 Å². The van der Waals surface area contributed by atoms with Crippen LogP contribution in [0.15, 0.2) is 43.1 Å². The first-order valence-electron chi connectivity index (χ1n) is 8.71. The highest BCUT2D eigenvalue weighted by Crippen LogP contribution is 2.24. The van der Waals surface area contributed by atoms with Gasteiger partial charge in [-0.1, -0.05) is 30.9 Å². The fourth-order valence-electron chi connectivity index (χ4n) is 2.61. The van der Waals surface area contributed by atoms with E-state index in [-0.39, 0.29) is 13.0 Å². The van der Waals surface area contributed by atoms with Crippen molar-refractivity contribution in [1.29, 1.82) is 0 Å². The number of nitrogens with one attached hydrogen (secondary N) is 1. The van der Waals surface area contributed by atoms with Gasteiger partial charge in [-0.15, -0.1) is 0 Å². The van der Waals surface area contributed by atoms with Gasteiger partial charge in [-0.3, -0.25) is 4.57 Å². The monoisotopic (exact) mass is 388 g/mol. The standard InChI is InChI=1S/C20H24N2O6/c1-5-10-27-18(25)21-15(17(23)24)11-13-12-22(19(26)28-20(2,3)4)16-9-7-6-8-14(13)16/h5-9,12,15H,1,10-11H2,2-4H3,(H,21,25)(H,23,24)/t15-/m0/s1. The maximum absolute atomic E-state index is 12.5. The molecule has 150 valence electrons. The molecule has 1 amide bonds. The van der Waals surface area contributed by atoms with Crippen molar-refractivity contribution in [3.63, 3.8) is 0 Å². The number of carbonyl (C=O) groups excluding carboxylic acids is 2. The molecule has 28 heavy (non-hydrogen) atoms. The average Bonchev–Trinajstić information content (AvgIpc) is 2.97. The van der Waals surface area contributed by atoms with E-state index in [1.54, 1.807) is 45.0 Å². The highest BCUT2D eigenvalue weighted by atomic mass is 16.6. The first-order chi connectivity index (χ1) is 13.1. The minimum atomic E-state index is -1.23. The molecule has 0 saturated carbocycles. The number of hydrogen-bond donors (Lipinski definition) is 2. The minimum Gasteiger partial charge on any atom is -0.480 e. The van der Waals surface area contributed by atoms with Crippen LogP contribution in [0.4, 0.5) is 9.59 Å². The van der Waals surface area contributed by atoms with Crippen LogP contribution in [0.3, 0.4) is 0 Å². The summed E-state index contributed by atoms with van der Waals surface area (Å²) in [5, 5.41) is 12.5. The Morgan fingerprint density at radius 2 is 1.96 bits per heavy atom. The zero-order valence-corrected chi connectivity index (χ0v) is 16.1. The van der Waals surface area contributed by atoms with Gasteiger partial charge in [-0.2, -0.15) is 0 Å². The normalized spacial score (nSPS) is 12.2. The topological polar surface area (TPSA) is 107 Å². The van der Waals surface area contributed by atoms with Crippen molar-refractivity contribution in [2.24, 2.45) is 0 Å². The molecular weight excluding hydrogens is 364 g/mol. The molecule has 1 aromatic heterocycles. The van der Waals surface area contributed by atoms with Crippen LogP contribution < -0.4 is 5.32 Å². The molecule has 8 nitrogen and oxygen atoms in total. The summed E-state index contributed by atoms with van der Waals surface area (Å²) in [6, 6.07) is 5.85. The number of benzene rings is 1. The first kappa shape index (κ1) is 21.0. The van der Waals surface area contributed by atoms with Crippen molar-refractivity contribution >= 4 is 29.1 Å². The summed E-state index contributed by atoms with van der Waals surface area (Å²) in [6.45, 7) is 8.68. The van der Waals surface area contributed by atoms with Gasteiger partial charge >= 0.3 is 18.2 Å². The lowest BCUT2D eigenvalue weighted by molar-refractivity contribution is -0.139. The smallest absolute Gasteiger partial charge is 0.419 e. The third-order valence-electron chi connectivity index (χ3n) is 3.73. The van der Waals surface area contributed by atoms with E-state index in [0.717, 1.165) is 0 Å². The number of carbonyl (C=O) groups is 3. The van der Waals surface area contributed by atoms with E-state index in [1.165, 1.54) is 16.8 Å². The maximum Gasteiger partial charge on any atom is 0.419 e. The van der Waals surface area contributed by atoms with E-state index in [9.17, 15) is 19.5 Å². The third kappa shape index (κ3) is 5.35. The Kier molecular flexibility index (Phi) is 6.45. The summed E-state index contributed by atoms with van der Waals surface area (Å²) in [7, 11) is 0. The van der Waals surface area contributed by atoms with Gasteiger partial charge in [0, 0.05) is 18.0 Å². The lowest BCUT2D eigenvalue weighted by atomic mass is 10.1. The molecule has 0 aliphatic rings. The second kappa shape index (κ2) is 8.60. The molecule has 0 saturated heterocycles. The summed E-state index contributed by atoms with van der Waals surface area (Å²) >= 11 is 0. The third-order valence-corrected chi connectivity index (χ3v) is 3.73. The van der Waals surface area contributed by atoms with E-state index >= 15 is 0 Å². The second-order valence-corrected chi connectivity index (χ2v) is 7.15. The molecule has 2 N–H and O–H groups in total. The number of alkyl carbamates (subject to hydrolysis) is 1. The van der Waals surface area contributed by atoms with E-state index < -0.39 is 29.8 Å². The van der Waals surface area contributed by atoms with Gasteiger partial charge in [0.05, 0.1) is 5.52 Å². The predicted octanol–water partition coefficient (Wildman–Crippen LogP) is 3.33. The summed E-state index contributed by atoms with van der Waals surface area (Å²) < 4.78 is 11.5. The molecule has 2 rings (SSSR count). The number of carboxylic acid groups (broad SMARTS) is 1. The van der Waals surface area contributed by atoms with Gasteiger partial charge in [0.15, 0.2) is 0 Å². The zero-order chi connectivity index (χ0) is 20.9. The zero-order valence-electron chi connectivity index (χ0n) is 16.1. The number of aliphatic carboxylic acids is 1. The number of nitrogens with zero attached hydrogens (tertiary/aromatic N) is 1. The van der Waals surface area contributed by atoms with Gasteiger partial charge < -0.3 is 19.9 Å². The number of ether oxygens (including phenoxy) is 2. The lowest BCUT2D eigenvalue weighted by Gasteiger charge is -2.19. The summed E-state index contributed by atoms with van der Waals surface area (Å²) in [6.07, 6.45) is 1.45. The van der Waals surface area contributed by atoms with E-state index in [0.29, 0.717) is 16.5 Å². The average molecular weight is 388 g/mol. The molecule has 0 unspecified atom stereocenters. The van der Waals surface area contributed by atoms with Gasteiger partial charge in [-0.25, -0.2) is 14.4 Å². The molecule has 0 fully saturated rings. The molecule has 0 aliphatic heterocycles. The molecule has 1 aromatic carbocycles. The number of rotatable bonds is 6. The van der Waals surface area contributed by atoms with Crippen LogP contribution in [0.5, 0.6) is 0 Å². The number of amides is 1. The van der Waals surface area contributed by atoms with E-state index in [1.807, 2.05) is 0 Å². The van der Waals surface area contributed by atoms with Crippen molar-refractivity contribution in [2.75, 3.05) is 6.61 Å². The van der Waals surface area contributed by atoms with Crippen LogP contribution in [0.2, 0.25) is 0 Å². The summed E-state index contributed by atoms with van der Waals surface area (Å²) in [4.78, 5) is 35.8. The van der Waals surface area contributed by atoms with Crippen molar-refractivity contribution in [1.82, 2.24) is 9.88 Å². The highest BCUT2D eigenvalue weighted by Gasteiger charge is 2.25. The van der Waals surface area contributed by atoms with Gasteiger partial charge in [0.25, 0.3) is 0 Å². The molecule has 1 atom stereocenters. The van der Waals surface area contributed by atoms with Gasteiger partial charge in [0.2, 0.25) is 0 Å². The number of hydrogen-bond acceptors (Lipinski definition) is 5. The minimum absolute atomic E-state index is 0.0316. The van der Waals surface area contributed by atoms with E-state index in [2.05, 4.69) is 11.9 Å². The van der Waals surface area contributed by atoms with Crippen molar-refractivity contribution in [3.05, 3.63) is 48.7 Å². The summed E-state index contributed by atoms with van der Waals surface area (Å²) in [5.41, 5.74) is 0.492. The van der Waals surface area contributed by atoms with Gasteiger partial charge in [-0.05, 0) is 32.4 Å². The lowest BCUT2D eigenvalue weighted by Crippen LogP contribution is -2.42. The quantitative estimate of drug-likeness (QED) is 0.735. The van der Waals surface area contributed by atoms with Crippen molar-refractivity contribution in [2.45, 2.75) is 38.8 Å². The Bertz CT molecular complexity index is 894. The van der Waals surface area contributed by atoms with Crippen LogP contribution >= 0.6 is 0 Å². The van der Waals surface area contributed by atoms with Crippen molar-refractivity contribution < 1.29 is 29.0 Å². The summed E-state index contributed by atoms with van der Waals surface area (Å²) in [5.74, 6) is -1.22. The molecule has 2 aromatic rings. The Morgan fingerprint density at radius 3 is 2.57 bits per heavy atom. The molecular formula is C20H24N2O6. The Hall–Kier alpha value is -3.29. The Labute approximate surface area is 162 Å². The predicted molar refractivity (Wildman–Crippen MR) is 103 cm³/mol. The second-order valence-electron chi connectivity index (χ2n) is 7.15. The van der Waals surface area contributed by atoms with Crippen LogP contribution in [0.1, 0.15) is 26.3 Å². The molecule has 8 heteroatoms. The Morgan fingerprint density at radius 1 is 1.29 bits per heavy atom. The molecule has 0 bridgehead atoms. The molecule has 0 radical (unpaired) electrons. The Balaban J connectivity index is 2.32. The fraction of sp³-hybridized carbons (Fsp3) is 0.350. The number of para-hydroxylation sites is 1. The van der Waals surface area contributed by atoms with Crippen LogP contribution in [-0.4, -0.2) is 46.1 Å². The van der Waals surface area contributed by atoms with Crippen LogP contribution in [0.25, 0.3) is 10.9 Å². The molecule has 1 heterocycles. The van der Waals surface area contributed by atoms with Crippen LogP contribution in [-0.2, 0) is 20.7 Å². The van der Waals surface area contributed by atoms with Crippen LogP contribution in [0, 0.1) is 0 Å². The molecule has 0 spiro atoms. The molecule has 0 aliphatic carbocycles.